The second-order valence-corrected chi connectivity index (χ2v) is 7.03. The monoisotopic (exact) mass is 326 g/mol. The number of aromatic nitrogens is 3. The highest BCUT2D eigenvalue weighted by Crippen LogP contribution is 2.31. The molecule has 3 nitrogen and oxygen atoms in total. The van der Waals surface area contributed by atoms with Crippen molar-refractivity contribution in [1.29, 1.82) is 0 Å². The number of hydrogen-bond donors (Lipinski definition) is 0. The highest BCUT2D eigenvalue weighted by Gasteiger charge is 2.25. The van der Waals surface area contributed by atoms with Crippen LogP contribution in [0.25, 0.3) is 38.5 Å². The molecule has 25 heavy (non-hydrogen) atoms. The number of hydrogen-bond acceptors (Lipinski definition) is 1. The largest absolute Gasteiger partial charge is 0.297 e. The first-order chi connectivity index (χ1) is 12.1. The molecule has 0 fully saturated rings. The molecule has 0 atom stereocenters. The van der Waals surface area contributed by atoms with Gasteiger partial charge in [-0.2, -0.15) is 4.40 Å². The van der Waals surface area contributed by atoms with Gasteiger partial charge in [-0.15, -0.1) is 0 Å². The van der Waals surface area contributed by atoms with Crippen molar-refractivity contribution < 1.29 is 4.40 Å². The zero-order valence-corrected chi connectivity index (χ0v) is 15.0. The zero-order valence-electron chi connectivity index (χ0n) is 15.0. The molecule has 5 aromatic rings. The predicted octanol–water partition coefficient (Wildman–Crippen LogP) is 4.54. The molecule has 0 bridgehead atoms. The van der Waals surface area contributed by atoms with Crippen molar-refractivity contribution in [2.24, 2.45) is 7.05 Å². The number of fused-ring (bicyclic) bond motifs is 8. The van der Waals surface area contributed by atoms with Gasteiger partial charge in [-0.05, 0) is 61.7 Å². The van der Waals surface area contributed by atoms with Gasteiger partial charge in [0.05, 0.1) is 23.3 Å². The summed E-state index contributed by atoms with van der Waals surface area (Å²) < 4.78 is 4.70. The van der Waals surface area contributed by atoms with Gasteiger partial charge in [0, 0.05) is 6.20 Å². The van der Waals surface area contributed by atoms with Crippen LogP contribution in [0.2, 0.25) is 0 Å². The number of imidazole rings is 1. The standard InChI is InChI=1S/C22H20N3/c1-13-8-9-16-18(12-13)24(4)22-20-15(3)10-11-23-21(20)19-14(2)6-5-7-17(19)25(16)22/h5-12H,1-4H3/q+1. The Kier molecular flexibility index (Phi) is 2.76. The number of nitrogens with zero attached hydrogens (tertiary/aromatic N) is 3. The highest BCUT2D eigenvalue weighted by atomic mass is 15.1. The molecule has 3 heteroatoms. The molecular weight excluding hydrogens is 306 g/mol. The van der Waals surface area contributed by atoms with E-state index >= 15 is 0 Å². The Hall–Kier alpha value is -2.94. The topological polar surface area (TPSA) is 21.9 Å². The average molecular weight is 326 g/mol. The fourth-order valence-corrected chi connectivity index (χ4v) is 4.17. The summed E-state index contributed by atoms with van der Waals surface area (Å²) >= 11 is 0. The summed E-state index contributed by atoms with van der Waals surface area (Å²) in [5.41, 5.74) is 9.81. The third-order valence-corrected chi connectivity index (χ3v) is 5.37. The van der Waals surface area contributed by atoms with Gasteiger partial charge < -0.3 is 0 Å². The van der Waals surface area contributed by atoms with Crippen LogP contribution in [0.15, 0.2) is 48.7 Å². The van der Waals surface area contributed by atoms with E-state index in [1.807, 2.05) is 6.20 Å². The smallest absolute Gasteiger partial charge is 0.255 e. The minimum atomic E-state index is 1.09. The van der Waals surface area contributed by atoms with Crippen molar-refractivity contribution in [3.8, 4) is 0 Å². The minimum absolute atomic E-state index is 1.09. The lowest BCUT2D eigenvalue weighted by Crippen LogP contribution is -2.23. The molecule has 0 unspecified atom stereocenters. The van der Waals surface area contributed by atoms with Gasteiger partial charge in [-0.3, -0.25) is 4.98 Å². The van der Waals surface area contributed by atoms with Crippen LogP contribution >= 0.6 is 0 Å². The third kappa shape index (κ3) is 1.75. The van der Waals surface area contributed by atoms with E-state index < -0.39 is 0 Å². The van der Waals surface area contributed by atoms with E-state index in [0.29, 0.717) is 0 Å². The van der Waals surface area contributed by atoms with E-state index in [1.54, 1.807) is 0 Å². The molecule has 0 radical (unpaired) electrons. The third-order valence-electron chi connectivity index (χ3n) is 5.37. The Labute approximate surface area is 146 Å². The molecule has 3 aromatic heterocycles. The van der Waals surface area contributed by atoms with Crippen molar-refractivity contribution in [3.63, 3.8) is 0 Å². The summed E-state index contributed by atoms with van der Waals surface area (Å²) in [4.78, 5) is 4.78. The van der Waals surface area contributed by atoms with E-state index in [0.717, 1.165) is 5.52 Å². The molecule has 2 aromatic carbocycles. The molecular formula is C22H20N3+. The van der Waals surface area contributed by atoms with E-state index in [2.05, 4.69) is 79.3 Å². The lowest BCUT2D eigenvalue weighted by atomic mass is 10.0. The normalized spacial score (nSPS) is 12.0. The average Bonchev–Trinajstić information content (AvgIpc) is 2.88. The summed E-state index contributed by atoms with van der Waals surface area (Å²) in [7, 11) is 2.16. The summed E-state index contributed by atoms with van der Waals surface area (Å²) in [6.07, 6.45) is 1.92. The molecule has 0 aliphatic rings. The predicted molar refractivity (Wildman–Crippen MR) is 103 cm³/mol. The van der Waals surface area contributed by atoms with Gasteiger partial charge >= 0.3 is 0 Å². The molecule has 122 valence electrons. The second kappa shape index (κ2) is 4.79. The maximum absolute atomic E-state index is 4.78. The molecule has 0 saturated heterocycles. The van der Waals surface area contributed by atoms with Gasteiger partial charge in [0.2, 0.25) is 0 Å². The van der Waals surface area contributed by atoms with Crippen LogP contribution in [0.4, 0.5) is 0 Å². The van der Waals surface area contributed by atoms with Gasteiger partial charge in [-0.25, -0.2) is 4.57 Å². The molecule has 5 rings (SSSR count). The Morgan fingerprint density at radius 1 is 0.880 bits per heavy atom. The summed E-state index contributed by atoms with van der Waals surface area (Å²) in [5, 5.41) is 2.48. The molecule has 0 aliphatic heterocycles. The summed E-state index contributed by atoms with van der Waals surface area (Å²) in [6.45, 7) is 6.50. The Morgan fingerprint density at radius 2 is 1.68 bits per heavy atom. The minimum Gasteiger partial charge on any atom is -0.255 e. The van der Waals surface area contributed by atoms with Crippen LogP contribution in [0.5, 0.6) is 0 Å². The molecule has 0 N–H and O–H groups in total. The van der Waals surface area contributed by atoms with Crippen LogP contribution < -0.4 is 4.40 Å². The maximum atomic E-state index is 4.78. The highest BCUT2D eigenvalue weighted by molar-refractivity contribution is 6.10. The van der Waals surface area contributed by atoms with Crippen molar-refractivity contribution in [2.45, 2.75) is 20.8 Å². The molecule has 0 aliphatic carbocycles. The second-order valence-electron chi connectivity index (χ2n) is 7.03. The fourth-order valence-electron chi connectivity index (χ4n) is 4.17. The number of pyridine rings is 2. The SMILES string of the molecule is Cc1ccc2c(c1)n(C)c1c3c(C)ccnc3c3c(C)cccc3[n+]21. The van der Waals surface area contributed by atoms with Crippen LogP contribution in [-0.2, 0) is 7.05 Å². The lowest BCUT2D eigenvalue weighted by Gasteiger charge is -2.08. The van der Waals surface area contributed by atoms with Crippen molar-refractivity contribution >= 4 is 38.5 Å². The first-order valence-corrected chi connectivity index (χ1v) is 8.65. The van der Waals surface area contributed by atoms with Gasteiger partial charge in [-0.1, -0.05) is 18.2 Å². The number of rotatable bonds is 0. The van der Waals surface area contributed by atoms with Crippen LogP contribution in [0, 0.1) is 20.8 Å². The lowest BCUT2D eigenvalue weighted by molar-refractivity contribution is -0.449. The van der Waals surface area contributed by atoms with Crippen molar-refractivity contribution in [1.82, 2.24) is 9.55 Å². The number of benzene rings is 2. The fraction of sp³-hybridized carbons (Fsp3) is 0.182. The van der Waals surface area contributed by atoms with Crippen molar-refractivity contribution in [2.75, 3.05) is 0 Å². The van der Waals surface area contributed by atoms with Gasteiger partial charge in [0.15, 0.2) is 11.0 Å². The molecule has 3 heterocycles. The van der Waals surface area contributed by atoms with Gasteiger partial charge in [0.25, 0.3) is 5.65 Å². The van der Waals surface area contributed by atoms with Crippen LogP contribution in [0.1, 0.15) is 16.7 Å². The summed E-state index contributed by atoms with van der Waals surface area (Å²) in [5.74, 6) is 0. The Morgan fingerprint density at radius 3 is 2.52 bits per heavy atom. The first kappa shape index (κ1) is 14.4. The molecule has 0 saturated carbocycles. The Bertz CT molecular complexity index is 1330. The van der Waals surface area contributed by atoms with Crippen LogP contribution in [0.3, 0.4) is 0 Å². The Balaban J connectivity index is 2.28. The summed E-state index contributed by atoms with van der Waals surface area (Å²) in [6, 6.07) is 15.3. The van der Waals surface area contributed by atoms with E-state index in [9.17, 15) is 0 Å². The van der Waals surface area contributed by atoms with Crippen molar-refractivity contribution in [3.05, 3.63) is 65.4 Å². The van der Waals surface area contributed by atoms with E-state index in [1.165, 1.54) is 49.7 Å². The molecule has 0 amide bonds. The van der Waals surface area contributed by atoms with Crippen LogP contribution in [-0.4, -0.2) is 9.55 Å². The first-order valence-electron chi connectivity index (χ1n) is 8.65. The maximum Gasteiger partial charge on any atom is 0.297 e. The quantitative estimate of drug-likeness (QED) is 0.302. The number of aryl methyl sites for hydroxylation is 4. The zero-order chi connectivity index (χ0) is 17.3. The van der Waals surface area contributed by atoms with Gasteiger partial charge in [0.1, 0.15) is 5.52 Å². The van der Waals surface area contributed by atoms with E-state index in [4.69, 9.17) is 4.98 Å². The van der Waals surface area contributed by atoms with E-state index in [-0.39, 0.29) is 0 Å². The molecule has 0 spiro atoms.